The maximum atomic E-state index is 6.03. The van der Waals surface area contributed by atoms with Crippen LogP contribution in [0.1, 0.15) is 31.7 Å². The lowest BCUT2D eigenvalue weighted by Gasteiger charge is -2.23. The Labute approximate surface area is 97.7 Å². The fourth-order valence-corrected chi connectivity index (χ4v) is 2.32. The lowest BCUT2D eigenvalue weighted by atomic mass is 10.0. The maximum Gasteiger partial charge on any atom is 0.151 e. The van der Waals surface area contributed by atoms with Crippen molar-refractivity contribution in [3.63, 3.8) is 0 Å². The van der Waals surface area contributed by atoms with Crippen LogP contribution in [0, 0.1) is 12.8 Å². The van der Waals surface area contributed by atoms with E-state index in [0.717, 1.165) is 36.1 Å². The number of pyridine rings is 1. The van der Waals surface area contributed by atoms with Crippen molar-refractivity contribution in [3.05, 3.63) is 17.8 Å². The van der Waals surface area contributed by atoms with E-state index in [0.29, 0.717) is 0 Å². The van der Waals surface area contributed by atoms with Gasteiger partial charge in [0, 0.05) is 19.3 Å². The van der Waals surface area contributed by atoms with Gasteiger partial charge in [-0.1, -0.05) is 6.92 Å². The summed E-state index contributed by atoms with van der Waals surface area (Å²) in [6, 6.07) is 2.01. The van der Waals surface area contributed by atoms with Crippen LogP contribution in [-0.2, 0) is 0 Å². The van der Waals surface area contributed by atoms with Crippen molar-refractivity contribution in [2.45, 2.75) is 33.1 Å². The largest absolute Gasteiger partial charge is 0.396 e. The van der Waals surface area contributed by atoms with Crippen molar-refractivity contribution in [1.82, 2.24) is 4.98 Å². The minimum Gasteiger partial charge on any atom is -0.396 e. The number of anilines is 2. The summed E-state index contributed by atoms with van der Waals surface area (Å²) in [4.78, 5) is 6.80. The molecule has 0 amide bonds. The molecule has 0 saturated carbocycles. The molecule has 0 aromatic carbocycles. The molecular formula is C13H21N3. The van der Waals surface area contributed by atoms with Gasteiger partial charge in [-0.25, -0.2) is 4.98 Å². The zero-order valence-electron chi connectivity index (χ0n) is 10.2. The Hall–Kier alpha value is -1.25. The number of nitrogen functional groups attached to an aromatic ring is 1. The molecule has 0 bridgehead atoms. The highest BCUT2D eigenvalue weighted by Crippen LogP contribution is 2.25. The van der Waals surface area contributed by atoms with Crippen molar-refractivity contribution in [2.24, 2.45) is 5.92 Å². The third-order valence-electron chi connectivity index (χ3n) is 3.35. The summed E-state index contributed by atoms with van der Waals surface area (Å²) in [5, 5.41) is 0. The van der Waals surface area contributed by atoms with E-state index in [1.54, 1.807) is 0 Å². The molecule has 1 aromatic rings. The number of aryl methyl sites for hydroxylation is 1. The van der Waals surface area contributed by atoms with Crippen LogP contribution in [-0.4, -0.2) is 18.1 Å². The van der Waals surface area contributed by atoms with Crippen LogP contribution in [0.4, 0.5) is 11.5 Å². The quantitative estimate of drug-likeness (QED) is 0.789. The minimum atomic E-state index is 0.814. The molecule has 3 heteroatoms. The summed E-state index contributed by atoms with van der Waals surface area (Å²) >= 11 is 0. The second kappa shape index (κ2) is 4.73. The van der Waals surface area contributed by atoms with E-state index in [1.165, 1.54) is 19.3 Å². The number of hydrogen-bond acceptors (Lipinski definition) is 3. The van der Waals surface area contributed by atoms with Crippen LogP contribution in [0.3, 0.4) is 0 Å². The number of aromatic nitrogens is 1. The molecule has 16 heavy (non-hydrogen) atoms. The molecule has 1 atom stereocenters. The van der Waals surface area contributed by atoms with Crippen LogP contribution in [0.15, 0.2) is 12.3 Å². The standard InChI is InChI=1S/C13H21N3/c1-10-4-3-6-16(7-5-10)13-12(14)8-11(2)9-15-13/h8-10H,3-7,14H2,1-2H3. The third-order valence-corrected chi connectivity index (χ3v) is 3.35. The number of nitrogens with zero attached hydrogens (tertiary/aromatic N) is 2. The number of nitrogens with two attached hydrogens (primary N) is 1. The van der Waals surface area contributed by atoms with E-state index in [1.807, 2.05) is 19.2 Å². The molecule has 1 saturated heterocycles. The molecule has 1 unspecified atom stereocenters. The first-order valence-corrected chi connectivity index (χ1v) is 6.14. The van der Waals surface area contributed by atoms with Crippen molar-refractivity contribution in [2.75, 3.05) is 23.7 Å². The van der Waals surface area contributed by atoms with E-state index >= 15 is 0 Å². The molecule has 2 N–H and O–H groups in total. The lowest BCUT2D eigenvalue weighted by molar-refractivity contribution is 0.521. The highest BCUT2D eigenvalue weighted by Gasteiger charge is 2.16. The Balaban J connectivity index is 2.16. The zero-order chi connectivity index (χ0) is 11.5. The van der Waals surface area contributed by atoms with Crippen LogP contribution in [0.25, 0.3) is 0 Å². The van der Waals surface area contributed by atoms with Gasteiger partial charge in [-0.15, -0.1) is 0 Å². The molecule has 1 fully saturated rings. The Kier molecular flexibility index (Phi) is 3.32. The van der Waals surface area contributed by atoms with E-state index in [9.17, 15) is 0 Å². The van der Waals surface area contributed by atoms with Crippen molar-refractivity contribution >= 4 is 11.5 Å². The monoisotopic (exact) mass is 219 g/mol. The van der Waals surface area contributed by atoms with Crippen molar-refractivity contribution in [1.29, 1.82) is 0 Å². The third kappa shape index (κ3) is 2.46. The van der Waals surface area contributed by atoms with Gasteiger partial charge in [-0.3, -0.25) is 0 Å². The molecule has 2 heterocycles. The highest BCUT2D eigenvalue weighted by atomic mass is 15.2. The SMILES string of the molecule is Cc1cnc(N2CCCC(C)CC2)c(N)c1. The first kappa shape index (κ1) is 11.2. The first-order chi connectivity index (χ1) is 7.66. The van der Waals surface area contributed by atoms with E-state index in [2.05, 4.69) is 16.8 Å². The summed E-state index contributed by atoms with van der Waals surface area (Å²) in [7, 11) is 0. The summed E-state index contributed by atoms with van der Waals surface area (Å²) < 4.78 is 0. The highest BCUT2D eigenvalue weighted by molar-refractivity contribution is 5.63. The normalized spacial score (nSPS) is 21.9. The van der Waals surface area contributed by atoms with E-state index < -0.39 is 0 Å². The molecule has 0 aliphatic carbocycles. The average molecular weight is 219 g/mol. The zero-order valence-corrected chi connectivity index (χ0v) is 10.2. The van der Waals surface area contributed by atoms with Gasteiger partial charge in [-0.05, 0) is 43.7 Å². The topological polar surface area (TPSA) is 42.2 Å². The molecule has 88 valence electrons. The van der Waals surface area contributed by atoms with Crippen LogP contribution >= 0.6 is 0 Å². The fraction of sp³-hybridized carbons (Fsp3) is 0.615. The molecule has 1 aliphatic heterocycles. The number of hydrogen-bond donors (Lipinski definition) is 1. The van der Waals surface area contributed by atoms with Crippen LogP contribution < -0.4 is 10.6 Å². The van der Waals surface area contributed by atoms with E-state index in [4.69, 9.17) is 5.73 Å². The van der Waals surface area contributed by atoms with Gasteiger partial charge in [-0.2, -0.15) is 0 Å². The van der Waals surface area contributed by atoms with Crippen LogP contribution in [0.5, 0.6) is 0 Å². The predicted octanol–water partition coefficient (Wildman–Crippen LogP) is 2.60. The molecule has 0 radical (unpaired) electrons. The average Bonchev–Trinajstić information content (AvgIpc) is 2.43. The van der Waals surface area contributed by atoms with Crippen LogP contribution in [0.2, 0.25) is 0 Å². The molecule has 0 spiro atoms. The maximum absolute atomic E-state index is 6.03. The Bertz CT molecular complexity index is 362. The summed E-state index contributed by atoms with van der Waals surface area (Å²) in [6.07, 6.45) is 5.72. The van der Waals surface area contributed by atoms with Gasteiger partial charge in [0.05, 0.1) is 5.69 Å². The predicted molar refractivity (Wildman–Crippen MR) is 68.6 cm³/mol. The van der Waals surface area contributed by atoms with Gasteiger partial charge < -0.3 is 10.6 Å². The Morgan fingerprint density at radius 2 is 2.19 bits per heavy atom. The molecule has 3 nitrogen and oxygen atoms in total. The van der Waals surface area contributed by atoms with Gasteiger partial charge in [0.2, 0.25) is 0 Å². The van der Waals surface area contributed by atoms with Gasteiger partial charge in [0.25, 0.3) is 0 Å². The Morgan fingerprint density at radius 3 is 2.94 bits per heavy atom. The van der Waals surface area contributed by atoms with Gasteiger partial charge >= 0.3 is 0 Å². The molecule has 1 aromatic heterocycles. The second-order valence-corrected chi connectivity index (χ2v) is 4.95. The number of rotatable bonds is 1. The van der Waals surface area contributed by atoms with Crippen molar-refractivity contribution < 1.29 is 0 Å². The molecule has 1 aliphatic rings. The van der Waals surface area contributed by atoms with E-state index in [-0.39, 0.29) is 0 Å². The second-order valence-electron chi connectivity index (χ2n) is 4.95. The van der Waals surface area contributed by atoms with Crippen molar-refractivity contribution in [3.8, 4) is 0 Å². The summed E-state index contributed by atoms with van der Waals surface area (Å²) in [5.74, 6) is 1.80. The smallest absolute Gasteiger partial charge is 0.151 e. The summed E-state index contributed by atoms with van der Waals surface area (Å²) in [5.41, 5.74) is 7.98. The minimum absolute atomic E-state index is 0.814. The lowest BCUT2D eigenvalue weighted by Crippen LogP contribution is -2.26. The van der Waals surface area contributed by atoms with Gasteiger partial charge in [0.15, 0.2) is 5.82 Å². The Morgan fingerprint density at radius 1 is 1.38 bits per heavy atom. The van der Waals surface area contributed by atoms with Gasteiger partial charge in [0.1, 0.15) is 0 Å². The molecular weight excluding hydrogens is 198 g/mol. The molecule has 2 rings (SSSR count). The fourth-order valence-electron chi connectivity index (χ4n) is 2.32. The summed E-state index contributed by atoms with van der Waals surface area (Å²) in [6.45, 7) is 6.53. The first-order valence-electron chi connectivity index (χ1n) is 6.14.